The predicted octanol–water partition coefficient (Wildman–Crippen LogP) is 1.42. The highest BCUT2D eigenvalue weighted by Gasteiger charge is 2.35. The van der Waals surface area contributed by atoms with Crippen LogP contribution in [0.1, 0.15) is 33.6 Å². The molecule has 1 heterocycles. The van der Waals surface area contributed by atoms with Crippen LogP contribution in [-0.4, -0.2) is 29.8 Å². The zero-order valence-corrected chi connectivity index (χ0v) is 9.18. The van der Waals surface area contributed by atoms with Crippen LogP contribution in [0.25, 0.3) is 0 Å². The molecule has 82 valence electrons. The van der Waals surface area contributed by atoms with E-state index >= 15 is 0 Å². The number of hydrogen-bond donors (Lipinski definition) is 3. The summed E-state index contributed by atoms with van der Waals surface area (Å²) in [4.78, 5) is 10.6. The second kappa shape index (κ2) is 3.77. The maximum absolute atomic E-state index is 10.6. The van der Waals surface area contributed by atoms with E-state index in [0.717, 1.165) is 25.9 Å². The van der Waals surface area contributed by atoms with Crippen LogP contribution in [0.3, 0.4) is 0 Å². The summed E-state index contributed by atoms with van der Waals surface area (Å²) in [5.74, 6) is 0. The van der Waals surface area contributed by atoms with E-state index in [1.54, 1.807) is 0 Å². The van der Waals surface area contributed by atoms with Crippen molar-refractivity contribution in [3.05, 3.63) is 0 Å². The topological polar surface area (TPSA) is 61.4 Å². The van der Waals surface area contributed by atoms with E-state index in [0.29, 0.717) is 0 Å². The zero-order valence-electron chi connectivity index (χ0n) is 9.18. The first kappa shape index (κ1) is 11.3. The van der Waals surface area contributed by atoms with Gasteiger partial charge in [0.25, 0.3) is 0 Å². The second-order valence-electron chi connectivity index (χ2n) is 5.23. The fourth-order valence-electron chi connectivity index (χ4n) is 2.42. The Morgan fingerprint density at radius 1 is 1.64 bits per heavy atom. The molecule has 0 unspecified atom stereocenters. The number of rotatable bonds is 3. The Morgan fingerprint density at radius 3 is 2.71 bits per heavy atom. The van der Waals surface area contributed by atoms with Gasteiger partial charge < -0.3 is 15.7 Å². The number of carbonyl (C=O) groups is 1. The van der Waals surface area contributed by atoms with E-state index in [9.17, 15) is 4.79 Å². The van der Waals surface area contributed by atoms with Crippen molar-refractivity contribution < 1.29 is 9.90 Å². The molecule has 0 aromatic heterocycles. The van der Waals surface area contributed by atoms with Crippen LogP contribution in [0, 0.1) is 5.41 Å². The van der Waals surface area contributed by atoms with Gasteiger partial charge in [-0.2, -0.15) is 0 Å². The number of nitrogens with one attached hydrogen (secondary N) is 2. The van der Waals surface area contributed by atoms with Crippen molar-refractivity contribution in [1.82, 2.24) is 10.6 Å². The molecule has 1 saturated heterocycles. The van der Waals surface area contributed by atoms with Gasteiger partial charge in [-0.3, -0.25) is 0 Å². The molecule has 4 heteroatoms. The Kier molecular flexibility index (Phi) is 3.04. The Labute approximate surface area is 85.1 Å². The van der Waals surface area contributed by atoms with E-state index in [2.05, 4.69) is 17.6 Å². The summed E-state index contributed by atoms with van der Waals surface area (Å²) in [5, 5.41) is 14.6. The maximum Gasteiger partial charge on any atom is 0.405 e. The van der Waals surface area contributed by atoms with Crippen LogP contribution in [0.2, 0.25) is 0 Å². The molecule has 0 aromatic rings. The third-order valence-corrected chi connectivity index (χ3v) is 2.77. The van der Waals surface area contributed by atoms with Crippen LogP contribution in [-0.2, 0) is 0 Å². The summed E-state index contributed by atoms with van der Waals surface area (Å²) in [7, 11) is 0. The van der Waals surface area contributed by atoms with Crippen molar-refractivity contribution in [2.75, 3.05) is 13.1 Å². The van der Waals surface area contributed by atoms with Gasteiger partial charge in [0.1, 0.15) is 0 Å². The highest BCUT2D eigenvalue weighted by molar-refractivity contribution is 5.65. The molecule has 0 bridgehead atoms. The second-order valence-corrected chi connectivity index (χ2v) is 5.23. The smallest absolute Gasteiger partial charge is 0.405 e. The average molecular weight is 200 g/mol. The average Bonchev–Trinajstić information content (AvgIpc) is 2.30. The highest BCUT2D eigenvalue weighted by atomic mass is 16.4. The van der Waals surface area contributed by atoms with Gasteiger partial charge in [0.15, 0.2) is 0 Å². The summed E-state index contributed by atoms with van der Waals surface area (Å²) >= 11 is 0. The lowest BCUT2D eigenvalue weighted by Crippen LogP contribution is -2.46. The monoisotopic (exact) mass is 200 g/mol. The molecule has 1 fully saturated rings. The van der Waals surface area contributed by atoms with Crippen LogP contribution < -0.4 is 10.6 Å². The van der Waals surface area contributed by atoms with Crippen LogP contribution in [0.4, 0.5) is 4.79 Å². The zero-order chi connectivity index (χ0) is 10.8. The van der Waals surface area contributed by atoms with Crippen molar-refractivity contribution in [2.24, 2.45) is 5.41 Å². The molecule has 4 nitrogen and oxygen atoms in total. The quantitative estimate of drug-likeness (QED) is 0.645. The molecule has 1 atom stereocenters. The van der Waals surface area contributed by atoms with Gasteiger partial charge in [-0.15, -0.1) is 0 Å². The first-order chi connectivity index (χ1) is 6.33. The molecular weight excluding hydrogens is 180 g/mol. The van der Waals surface area contributed by atoms with E-state index in [1.165, 1.54) is 0 Å². The molecule has 0 radical (unpaired) electrons. The molecule has 1 aliphatic heterocycles. The summed E-state index contributed by atoms with van der Waals surface area (Å²) in [5.41, 5.74) is -0.113. The van der Waals surface area contributed by atoms with E-state index in [1.807, 2.05) is 13.8 Å². The molecular formula is C10H20N2O2. The van der Waals surface area contributed by atoms with Crippen molar-refractivity contribution in [2.45, 2.75) is 39.2 Å². The highest BCUT2D eigenvalue weighted by Crippen LogP contribution is 2.33. The number of amides is 1. The van der Waals surface area contributed by atoms with Gasteiger partial charge >= 0.3 is 6.09 Å². The molecule has 3 N–H and O–H groups in total. The lowest BCUT2D eigenvalue weighted by atomic mass is 9.78. The molecule has 1 amide bonds. The minimum absolute atomic E-state index is 0.228. The Balaban J connectivity index is 2.52. The number of carboxylic acid groups (broad SMARTS) is 1. The van der Waals surface area contributed by atoms with Crippen molar-refractivity contribution in [3.8, 4) is 0 Å². The van der Waals surface area contributed by atoms with Gasteiger partial charge in [0, 0.05) is 12.1 Å². The first-order valence-electron chi connectivity index (χ1n) is 5.05. The Bertz CT molecular complexity index is 220. The molecule has 0 spiro atoms. The SMILES string of the molecule is CC(C)(C[C@]1(C)CCNC1)NC(=O)O. The standard InChI is InChI=1S/C10H20N2O2/c1-9(2,12-8(13)14)6-10(3)4-5-11-7-10/h11-12H,4-7H2,1-3H3,(H,13,14)/t10-/m0/s1. The third-order valence-electron chi connectivity index (χ3n) is 2.77. The lowest BCUT2D eigenvalue weighted by molar-refractivity contribution is 0.166. The predicted molar refractivity (Wildman–Crippen MR) is 55.5 cm³/mol. The molecule has 0 aliphatic carbocycles. The first-order valence-corrected chi connectivity index (χ1v) is 5.05. The third kappa shape index (κ3) is 3.18. The summed E-state index contributed by atoms with van der Waals surface area (Å²) < 4.78 is 0. The van der Waals surface area contributed by atoms with Gasteiger partial charge in [0.2, 0.25) is 0 Å². The molecule has 14 heavy (non-hydrogen) atoms. The fourth-order valence-corrected chi connectivity index (χ4v) is 2.42. The Hall–Kier alpha value is -0.770. The summed E-state index contributed by atoms with van der Waals surface area (Å²) in [6, 6.07) is 0. The van der Waals surface area contributed by atoms with Crippen LogP contribution >= 0.6 is 0 Å². The largest absolute Gasteiger partial charge is 0.465 e. The minimum Gasteiger partial charge on any atom is -0.465 e. The van der Waals surface area contributed by atoms with Crippen molar-refractivity contribution in [3.63, 3.8) is 0 Å². The lowest BCUT2D eigenvalue weighted by Gasteiger charge is -2.34. The normalized spacial score (nSPS) is 27.6. The molecule has 0 saturated carbocycles. The van der Waals surface area contributed by atoms with Crippen LogP contribution in [0.15, 0.2) is 0 Å². The van der Waals surface area contributed by atoms with Gasteiger partial charge in [0.05, 0.1) is 0 Å². The van der Waals surface area contributed by atoms with E-state index < -0.39 is 6.09 Å². The molecule has 1 aliphatic rings. The summed E-state index contributed by atoms with van der Waals surface area (Å²) in [6.45, 7) is 8.10. The van der Waals surface area contributed by atoms with Crippen LogP contribution in [0.5, 0.6) is 0 Å². The Morgan fingerprint density at radius 2 is 2.29 bits per heavy atom. The van der Waals surface area contributed by atoms with Gasteiger partial charge in [-0.1, -0.05) is 6.92 Å². The van der Waals surface area contributed by atoms with Crippen molar-refractivity contribution in [1.29, 1.82) is 0 Å². The van der Waals surface area contributed by atoms with Crippen molar-refractivity contribution >= 4 is 6.09 Å². The van der Waals surface area contributed by atoms with Gasteiger partial charge in [-0.05, 0) is 38.6 Å². The maximum atomic E-state index is 10.6. The van der Waals surface area contributed by atoms with Gasteiger partial charge in [-0.25, -0.2) is 4.79 Å². The molecule has 1 rings (SSSR count). The summed E-state index contributed by atoms with van der Waals surface area (Å²) in [6.07, 6.45) is 1.06. The fraction of sp³-hybridized carbons (Fsp3) is 0.900. The minimum atomic E-state index is -0.940. The van der Waals surface area contributed by atoms with E-state index in [-0.39, 0.29) is 11.0 Å². The van der Waals surface area contributed by atoms with E-state index in [4.69, 9.17) is 5.11 Å². The number of hydrogen-bond acceptors (Lipinski definition) is 2. The molecule has 0 aromatic carbocycles.